The second-order valence-corrected chi connectivity index (χ2v) is 5.30. The van der Waals surface area contributed by atoms with Crippen LogP contribution in [0.1, 0.15) is 11.7 Å². The van der Waals surface area contributed by atoms with Crippen molar-refractivity contribution in [2.24, 2.45) is 0 Å². The van der Waals surface area contributed by atoms with Gasteiger partial charge in [-0.05, 0) is 5.56 Å². The Morgan fingerprint density at radius 2 is 2.19 bits per heavy atom. The molecule has 1 saturated heterocycles. The first-order valence-corrected chi connectivity index (χ1v) is 7.20. The SMILES string of the molecule is O[C@@H](CN1CCO[C@@H](Cn2cncn2)C1)c1ccccc1. The van der Waals surface area contributed by atoms with Gasteiger partial charge in [-0.2, -0.15) is 5.10 Å². The summed E-state index contributed by atoms with van der Waals surface area (Å²) in [7, 11) is 0. The first-order valence-electron chi connectivity index (χ1n) is 7.20. The normalized spacial score (nSPS) is 21.3. The molecule has 0 saturated carbocycles. The Bertz CT molecular complexity index is 532. The van der Waals surface area contributed by atoms with Crippen LogP contribution in [-0.4, -0.2) is 57.1 Å². The summed E-state index contributed by atoms with van der Waals surface area (Å²) in [5.74, 6) is 0. The monoisotopic (exact) mass is 288 g/mol. The van der Waals surface area contributed by atoms with Crippen LogP contribution >= 0.6 is 0 Å². The van der Waals surface area contributed by atoms with Crippen molar-refractivity contribution in [3.8, 4) is 0 Å². The smallest absolute Gasteiger partial charge is 0.137 e. The number of aromatic nitrogens is 3. The molecule has 0 aliphatic carbocycles. The van der Waals surface area contributed by atoms with Crippen molar-refractivity contribution in [2.45, 2.75) is 18.8 Å². The maximum absolute atomic E-state index is 10.3. The molecule has 112 valence electrons. The lowest BCUT2D eigenvalue weighted by Crippen LogP contribution is -2.45. The van der Waals surface area contributed by atoms with E-state index in [2.05, 4.69) is 15.0 Å². The van der Waals surface area contributed by atoms with Crippen LogP contribution < -0.4 is 0 Å². The molecule has 2 atom stereocenters. The number of aliphatic hydroxyl groups excluding tert-OH is 1. The Morgan fingerprint density at radius 1 is 1.33 bits per heavy atom. The van der Waals surface area contributed by atoms with Crippen LogP contribution in [0.25, 0.3) is 0 Å². The van der Waals surface area contributed by atoms with Crippen molar-refractivity contribution in [1.82, 2.24) is 19.7 Å². The molecular weight excluding hydrogens is 268 g/mol. The fourth-order valence-corrected chi connectivity index (χ4v) is 2.62. The lowest BCUT2D eigenvalue weighted by molar-refractivity contribution is -0.0486. The summed E-state index contributed by atoms with van der Waals surface area (Å²) < 4.78 is 7.54. The van der Waals surface area contributed by atoms with E-state index >= 15 is 0 Å². The third-order valence-corrected chi connectivity index (χ3v) is 3.70. The summed E-state index contributed by atoms with van der Waals surface area (Å²) in [5, 5.41) is 14.4. The third kappa shape index (κ3) is 3.87. The Kier molecular flexibility index (Phi) is 4.59. The number of hydrogen-bond donors (Lipinski definition) is 1. The molecule has 2 heterocycles. The van der Waals surface area contributed by atoms with Crippen LogP contribution in [0, 0.1) is 0 Å². The van der Waals surface area contributed by atoms with Gasteiger partial charge < -0.3 is 9.84 Å². The van der Waals surface area contributed by atoms with Gasteiger partial charge in [0.25, 0.3) is 0 Å². The van der Waals surface area contributed by atoms with Crippen molar-refractivity contribution >= 4 is 0 Å². The second kappa shape index (κ2) is 6.80. The van der Waals surface area contributed by atoms with Crippen molar-refractivity contribution < 1.29 is 9.84 Å². The average molecular weight is 288 g/mol. The van der Waals surface area contributed by atoms with Gasteiger partial charge in [0.05, 0.1) is 25.4 Å². The lowest BCUT2D eigenvalue weighted by atomic mass is 10.1. The van der Waals surface area contributed by atoms with Crippen molar-refractivity contribution in [3.05, 3.63) is 48.5 Å². The van der Waals surface area contributed by atoms with Crippen LogP contribution in [0.5, 0.6) is 0 Å². The quantitative estimate of drug-likeness (QED) is 0.878. The zero-order valence-electron chi connectivity index (χ0n) is 11.9. The predicted molar refractivity (Wildman–Crippen MR) is 77.6 cm³/mol. The molecule has 1 aliphatic rings. The summed E-state index contributed by atoms with van der Waals surface area (Å²) in [6.45, 7) is 3.64. The number of ether oxygens (including phenoxy) is 1. The molecule has 0 radical (unpaired) electrons. The zero-order chi connectivity index (χ0) is 14.5. The van der Waals surface area contributed by atoms with E-state index in [0.29, 0.717) is 19.7 Å². The summed E-state index contributed by atoms with van der Waals surface area (Å²) in [6, 6.07) is 9.77. The molecule has 3 rings (SSSR count). The highest BCUT2D eigenvalue weighted by Gasteiger charge is 2.23. The van der Waals surface area contributed by atoms with Gasteiger partial charge in [-0.3, -0.25) is 9.58 Å². The number of aliphatic hydroxyl groups is 1. The first-order chi connectivity index (χ1) is 10.3. The summed E-state index contributed by atoms with van der Waals surface area (Å²) >= 11 is 0. The molecule has 1 N–H and O–H groups in total. The van der Waals surface area contributed by atoms with Crippen molar-refractivity contribution in [3.63, 3.8) is 0 Å². The number of rotatable bonds is 5. The topological polar surface area (TPSA) is 63.4 Å². The highest BCUT2D eigenvalue weighted by atomic mass is 16.5. The van der Waals surface area contributed by atoms with Crippen molar-refractivity contribution in [1.29, 1.82) is 0 Å². The molecule has 6 heteroatoms. The molecule has 1 fully saturated rings. The van der Waals surface area contributed by atoms with Gasteiger partial charge in [0.15, 0.2) is 0 Å². The Hall–Kier alpha value is -1.76. The van der Waals surface area contributed by atoms with E-state index in [1.54, 1.807) is 11.0 Å². The maximum Gasteiger partial charge on any atom is 0.137 e. The van der Waals surface area contributed by atoms with E-state index < -0.39 is 6.10 Å². The number of morpholine rings is 1. The van der Waals surface area contributed by atoms with Crippen LogP contribution in [-0.2, 0) is 11.3 Å². The number of benzene rings is 1. The molecule has 1 aliphatic heterocycles. The van der Waals surface area contributed by atoms with Gasteiger partial charge in [-0.15, -0.1) is 0 Å². The summed E-state index contributed by atoms with van der Waals surface area (Å²) in [4.78, 5) is 6.18. The lowest BCUT2D eigenvalue weighted by Gasteiger charge is -2.34. The Balaban J connectivity index is 1.54. The summed E-state index contributed by atoms with van der Waals surface area (Å²) in [6.07, 6.45) is 2.85. The molecule has 0 amide bonds. The zero-order valence-corrected chi connectivity index (χ0v) is 11.9. The highest BCUT2D eigenvalue weighted by molar-refractivity contribution is 5.17. The van der Waals surface area contributed by atoms with E-state index in [1.165, 1.54) is 6.33 Å². The number of nitrogens with zero attached hydrogens (tertiary/aromatic N) is 4. The van der Waals surface area contributed by atoms with Gasteiger partial charge in [-0.1, -0.05) is 30.3 Å². The standard InChI is InChI=1S/C15H20N4O2/c20-15(13-4-2-1-3-5-13)10-18-6-7-21-14(8-18)9-19-12-16-11-17-19/h1-5,11-12,14-15,20H,6-10H2/t14-,15+/m1/s1. The van der Waals surface area contributed by atoms with Gasteiger partial charge in [-0.25, -0.2) is 4.98 Å². The Labute approximate surface area is 124 Å². The van der Waals surface area contributed by atoms with E-state index in [1.807, 2.05) is 30.3 Å². The van der Waals surface area contributed by atoms with Crippen molar-refractivity contribution in [2.75, 3.05) is 26.2 Å². The van der Waals surface area contributed by atoms with Gasteiger partial charge >= 0.3 is 0 Å². The Morgan fingerprint density at radius 3 is 2.95 bits per heavy atom. The van der Waals surface area contributed by atoms with E-state index in [4.69, 9.17) is 4.74 Å². The molecule has 6 nitrogen and oxygen atoms in total. The molecule has 1 aromatic heterocycles. The minimum atomic E-state index is -0.462. The first kappa shape index (κ1) is 14.2. The van der Waals surface area contributed by atoms with Crippen LogP contribution in [0.15, 0.2) is 43.0 Å². The molecule has 0 spiro atoms. The number of β-amino-alcohol motifs (C(OH)–C–C–N with tert-alkyl or cyclic N) is 1. The molecule has 0 unspecified atom stereocenters. The minimum Gasteiger partial charge on any atom is -0.387 e. The molecule has 21 heavy (non-hydrogen) atoms. The molecule has 1 aromatic carbocycles. The minimum absolute atomic E-state index is 0.0865. The highest BCUT2D eigenvalue weighted by Crippen LogP contribution is 2.16. The molecular formula is C15H20N4O2. The van der Waals surface area contributed by atoms with Crippen LogP contribution in [0.2, 0.25) is 0 Å². The van der Waals surface area contributed by atoms with E-state index in [9.17, 15) is 5.11 Å². The van der Waals surface area contributed by atoms with Gasteiger partial charge in [0.1, 0.15) is 12.7 Å². The van der Waals surface area contributed by atoms with Crippen LogP contribution in [0.3, 0.4) is 0 Å². The number of hydrogen-bond acceptors (Lipinski definition) is 5. The fraction of sp³-hybridized carbons (Fsp3) is 0.467. The molecule has 0 bridgehead atoms. The van der Waals surface area contributed by atoms with E-state index in [-0.39, 0.29) is 6.10 Å². The van der Waals surface area contributed by atoms with Gasteiger partial charge in [0.2, 0.25) is 0 Å². The molecule has 2 aromatic rings. The maximum atomic E-state index is 10.3. The second-order valence-electron chi connectivity index (χ2n) is 5.30. The van der Waals surface area contributed by atoms with E-state index in [0.717, 1.165) is 18.7 Å². The third-order valence-electron chi connectivity index (χ3n) is 3.70. The fourth-order valence-electron chi connectivity index (χ4n) is 2.62. The predicted octanol–water partition coefficient (Wildman–Crippen LogP) is 0.712. The average Bonchev–Trinajstić information content (AvgIpc) is 3.01. The van der Waals surface area contributed by atoms with Gasteiger partial charge in [0, 0.05) is 19.6 Å². The largest absolute Gasteiger partial charge is 0.387 e. The van der Waals surface area contributed by atoms with Crippen LogP contribution in [0.4, 0.5) is 0 Å². The summed E-state index contributed by atoms with van der Waals surface area (Å²) in [5.41, 5.74) is 0.955.